The molecule has 10 heteroatoms. The predicted octanol–water partition coefficient (Wildman–Crippen LogP) is 1.47. The van der Waals surface area contributed by atoms with Crippen molar-refractivity contribution in [1.82, 2.24) is 10.2 Å². The van der Waals surface area contributed by atoms with Gasteiger partial charge in [0.05, 0.1) is 5.56 Å². The van der Waals surface area contributed by atoms with Crippen LogP contribution in [0.1, 0.15) is 43.0 Å². The maximum atomic E-state index is 12.9. The Balaban J connectivity index is 2.71. The number of ether oxygens (including phenoxy) is 1. The monoisotopic (exact) mass is 411 g/mol. The van der Waals surface area contributed by atoms with E-state index in [9.17, 15) is 19.5 Å². The number of phenolic OH excluding ortho intramolecular Hbond substituents is 1. The fraction of sp³-hybridized carbons (Fsp3) is 0.526. The first kappa shape index (κ1) is 24.2. The smallest absolute Gasteiger partial charge is 0.504 e. The van der Waals surface area contributed by atoms with Crippen LogP contribution in [0.25, 0.3) is 0 Å². The summed E-state index contributed by atoms with van der Waals surface area (Å²) in [5, 5.41) is 30.8. The molecule has 0 bridgehead atoms. The number of aromatic hydroxyl groups is 1. The number of benzene rings is 1. The Morgan fingerprint density at radius 2 is 1.90 bits per heavy atom. The molecule has 0 aliphatic carbocycles. The Bertz CT molecular complexity index is 696. The number of para-hydroxylation sites is 1. The molecule has 1 unspecified atom stereocenters. The van der Waals surface area contributed by atoms with E-state index in [-0.39, 0.29) is 23.8 Å². The summed E-state index contributed by atoms with van der Waals surface area (Å²) in [4.78, 5) is 35.7. The minimum atomic E-state index is -1.59. The van der Waals surface area contributed by atoms with Crippen LogP contribution in [0.15, 0.2) is 18.2 Å². The van der Waals surface area contributed by atoms with Gasteiger partial charge in [-0.3, -0.25) is 9.59 Å². The fourth-order valence-corrected chi connectivity index (χ4v) is 2.70. The van der Waals surface area contributed by atoms with Crippen molar-refractivity contribution in [1.29, 1.82) is 0 Å². The van der Waals surface area contributed by atoms with E-state index in [2.05, 4.69) is 10.1 Å². The van der Waals surface area contributed by atoms with Gasteiger partial charge in [0, 0.05) is 25.6 Å². The number of nitrogens with zero attached hydrogens (tertiary/aromatic N) is 1. The lowest BCUT2D eigenvalue weighted by Gasteiger charge is -2.24. The number of carboxylic acids is 1. The molecule has 1 amide bonds. The molecule has 0 spiro atoms. The van der Waals surface area contributed by atoms with Crippen LogP contribution < -0.4 is 15.8 Å². The van der Waals surface area contributed by atoms with Gasteiger partial charge < -0.3 is 36.0 Å². The van der Waals surface area contributed by atoms with Crippen molar-refractivity contribution in [3.63, 3.8) is 0 Å². The number of nitrogens with two attached hydrogens (primary N) is 1. The van der Waals surface area contributed by atoms with Gasteiger partial charge in [-0.1, -0.05) is 6.07 Å². The van der Waals surface area contributed by atoms with E-state index in [1.165, 1.54) is 23.1 Å². The molecule has 0 saturated heterocycles. The van der Waals surface area contributed by atoms with Gasteiger partial charge in [-0.15, -0.1) is 0 Å². The molecule has 1 rings (SSSR count). The molecule has 0 saturated carbocycles. The number of carbonyl (C=O) groups excluding carboxylic acids is 1. The number of nitrogens with one attached hydrogen (secondary N) is 1. The van der Waals surface area contributed by atoms with Gasteiger partial charge in [0.1, 0.15) is 0 Å². The molecule has 10 nitrogen and oxygen atoms in total. The minimum Gasteiger partial charge on any atom is -0.504 e. The number of carbonyl (C=O) groups is 3. The fourth-order valence-electron chi connectivity index (χ4n) is 2.70. The van der Waals surface area contributed by atoms with Crippen molar-refractivity contribution in [3.8, 4) is 11.5 Å². The summed E-state index contributed by atoms with van der Waals surface area (Å²) in [6.07, 6.45) is 0.187. The highest BCUT2D eigenvalue weighted by molar-refractivity contribution is 5.97. The normalized spacial score (nSPS) is 11.7. The molecule has 1 aromatic carbocycles. The van der Waals surface area contributed by atoms with Gasteiger partial charge in [-0.2, -0.15) is 0 Å². The van der Waals surface area contributed by atoms with Crippen molar-refractivity contribution in [2.24, 2.45) is 5.73 Å². The first-order valence-electron chi connectivity index (χ1n) is 9.43. The highest BCUT2D eigenvalue weighted by Gasteiger charge is 2.21. The van der Waals surface area contributed by atoms with Gasteiger partial charge >= 0.3 is 12.1 Å². The summed E-state index contributed by atoms with van der Waals surface area (Å²) in [7, 11) is 0. The number of aliphatic carboxylic acids is 1. The Morgan fingerprint density at radius 1 is 1.21 bits per heavy atom. The summed E-state index contributed by atoms with van der Waals surface area (Å²) in [6.45, 7) is 3.64. The standard InChI is InChI=1S/C19H29N3O7/c1-13(7-8-16(23)24)21-10-4-12-22(11-3-9-20)18(26)14-5-2-6-15(17(14)25)29-19(27)28/h2,5-6,13,21,25H,3-4,7-12,20H2,1H3,(H,23,24)(H,27,28). The molecule has 1 aromatic rings. The molecule has 0 aliphatic rings. The molecule has 0 aromatic heterocycles. The van der Waals surface area contributed by atoms with Crippen molar-refractivity contribution >= 4 is 18.0 Å². The maximum Gasteiger partial charge on any atom is 0.511 e. The van der Waals surface area contributed by atoms with Crippen LogP contribution in [-0.2, 0) is 4.79 Å². The summed E-state index contributed by atoms with van der Waals surface area (Å²) >= 11 is 0. The zero-order valence-corrected chi connectivity index (χ0v) is 16.5. The van der Waals surface area contributed by atoms with Crippen LogP contribution in [-0.4, -0.2) is 70.5 Å². The van der Waals surface area contributed by atoms with Gasteiger partial charge in [0.15, 0.2) is 11.5 Å². The lowest BCUT2D eigenvalue weighted by atomic mass is 10.1. The third-order valence-electron chi connectivity index (χ3n) is 4.23. The summed E-state index contributed by atoms with van der Waals surface area (Å²) in [5.41, 5.74) is 5.49. The molecule has 6 N–H and O–H groups in total. The van der Waals surface area contributed by atoms with E-state index < -0.39 is 23.8 Å². The second-order valence-corrected chi connectivity index (χ2v) is 6.60. The Morgan fingerprint density at radius 3 is 2.52 bits per heavy atom. The molecule has 1 atom stereocenters. The van der Waals surface area contributed by atoms with Crippen LogP contribution in [0.4, 0.5) is 4.79 Å². The molecule has 29 heavy (non-hydrogen) atoms. The minimum absolute atomic E-state index is 0.0354. The van der Waals surface area contributed by atoms with Crippen molar-refractivity contribution < 1.29 is 34.4 Å². The maximum absolute atomic E-state index is 12.9. The molecule has 0 aliphatic heterocycles. The first-order chi connectivity index (χ1) is 13.8. The molecular formula is C19H29N3O7. The largest absolute Gasteiger partial charge is 0.511 e. The molecule has 162 valence electrons. The number of rotatable bonds is 13. The van der Waals surface area contributed by atoms with Crippen LogP contribution in [0.3, 0.4) is 0 Å². The zero-order valence-electron chi connectivity index (χ0n) is 16.5. The Kier molecular flexibility index (Phi) is 10.5. The van der Waals surface area contributed by atoms with Crippen molar-refractivity contribution in [3.05, 3.63) is 23.8 Å². The quantitative estimate of drug-likeness (QED) is 0.184. The molecular weight excluding hydrogens is 382 g/mol. The summed E-state index contributed by atoms with van der Waals surface area (Å²) < 4.78 is 4.49. The van der Waals surface area contributed by atoms with Crippen molar-refractivity contribution in [2.45, 2.75) is 38.6 Å². The predicted molar refractivity (Wildman–Crippen MR) is 105 cm³/mol. The lowest BCUT2D eigenvalue weighted by molar-refractivity contribution is -0.137. The molecule has 0 heterocycles. The van der Waals surface area contributed by atoms with E-state index >= 15 is 0 Å². The van der Waals surface area contributed by atoms with Gasteiger partial charge in [-0.25, -0.2) is 4.79 Å². The van der Waals surface area contributed by atoms with Crippen LogP contribution in [0.2, 0.25) is 0 Å². The number of hydrogen-bond acceptors (Lipinski definition) is 7. The highest BCUT2D eigenvalue weighted by atomic mass is 16.7. The van der Waals surface area contributed by atoms with Crippen molar-refractivity contribution in [2.75, 3.05) is 26.2 Å². The first-order valence-corrected chi connectivity index (χ1v) is 9.43. The van der Waals surface area contributed by atoms with Gasteiger partial charge in [-0.05, 0) is 51.4 Å². The van der Waals surface area contributed by atoms with E-state index in [4.69, 9.17) is 15.9 Å². The molecule has 0 radical (unpaired) electrons. The van der Waals surface area contributed by atoms with Crippen LogP contribution in [0, 0.1) is 0 Å². The average molecular weight is 411 g/mol. The summed E-state index contributed by atoms with van der Waals surface area (Å²) in [6, 6.07) is 4.12. The number of carboxylic acid groups (broad SMARTS) is 2. The second-order valence-electron chi connectivity index (χ2n) is 6.60. The van der Waals surface area contributed by atoms with E-state index in [0.717, 1.165) is 0 Å². The van der Waals surface area contributed by atoms with E-state index in [1.807, 2.05) is 6.92 Å². The zero-order chi connectivity index (χ0) is 21.8. The third kappa shape index (κ3) is 8.79. The summed E-state index contributed by atoms with van der Waals surface area (Å²) in [5.74, 6) is -2.13. The Labute approximate surface area is 169 Å². The lowest BCUT2D eigenvalue weighted by Crippen LogP contribution is -2.36. The van der Waals surface area contributed by atoms with Crippen LogP contribution >= 0.6 is 0 Å². The topological polar surface area (TPSA) is 162 Å². The third-order valence-corrected chi connectivity index (χ3v) is 4.23. The molecule has 0 fully saturated rings. The van der Waals surface area contributed by atoms with E-state index in [0.29, 0.717) is 45.4 Å². The number of hydrogen-bond donors (Lipinski definition) is 5. The second kappa shape index (κ2) is 12.6. The SMILES string of the molecule is CC(CCC(=O)O)NCCCN(CCCN)C(=O)c1cccc(OC(=O)O)c1O. The van der Waals surface area contributed by atoms with Crippen LogP contribution in [0.5, 0.6) is 11.5 Å². The average Bonchev–Trinajstić information content (AvgIpc) is 2.66. The number of phenols is 1. The highest BCUT2D eigenvalue weighted by Crippen LogP contribution is 2.30. The van der Waals surface area contributed by atoms with Gasteiger partial charge in [0.25, 0.3) is 5.91 Å². The van der Waals surface area contributed by atoms with Gasteiger partial charge in [0.2, 0.25) is 0 Å². The van der Waals surface area contributed by atoms with E-state index in [1.54, 1.807) is 0 Å². The Hall–Kier alpha value is -2.85. The number of amides is 1.